The van der Waals surface area contributed by atoms with E-state index in [0.717, 1.165) is 59.9 Å². The molecule has 2 aliphatic rings. The van der Waals surface area contributed by atoms with Gasteiger partial charge in [-0.15, -0.1) is 0 Å². The van der Waals surface area contributed by atoms with E-state index < -0.39 is 11.4 Å². The van der Waals surface area contributed by atoms with E-state index in [-0.39, 0.29) is 5.97 Å². The second-order valence-electron chi connectivity index (χ2n) is 8.27. The van der Waals surface area contributed by atoms with Crippen LogP contribution in [0.1, 0.15) is 64.9 Å². The summed E-state index contributed by atoms with van der Waals surface area (Å²) in [5, 5.41) is 2.04. The summed E-state index contributed by atoms with van der Waals surface area (Å²) in [4.78, 5) is 12.4. The van der Waals surface area contributed by atoms with E-state index in [0.29, 0.717) is 12.0 Å². The van der Waals surface area contributed by atoms with Crippen LogP contribution in [0.4, 0.5) is 0 Å². The third-order valence-corrected chi connectivity index (χ3v) is 5.87. The molecule has 4 heteroatoms. The summed E-state index contributed by atoms with van der Waals surface area (Å²) in [7, 11) is 0. The van der Waals surface area contributed by atoms with Gasteiger partial charge in [0.15, 0.2) is 11.5 Å². The first-order valence-electron chi connectivity index (χ1n) is 10.2. The molecule has 148 valence electrons. The maximum absolute atomic E-state index is 12.4. The van der Waals surface area contributed by atoms with Crippen LogP contribution < -0.4 is 9.47 Å². The molecule has 1 aliphatic heterocycles. The summed E-state index contributed by atoms with van der Waals surface area (Å²) in [6.07, 6.45) is 5.63. The van der Waals surface area contributed by atoms with E-state index in [1.165, 1.54) is 0 Å². The summed E-state index contributed by atoms with van der Waals surface area (Å²) in [6, 6.07) is 10.2. The van der Waals surface area contributed by atoms with Gasteiger partial charge >= 0.3 is 5.97 Å². The van der Waals surface area contributed by atoms with Crippen LogP contribution in [0.5, 0.6) is 11.5 Å². The molecule has 28 heavy (non-hydrogen) atoms. The van der Waals surface area contributed by atoms with Crippen LogP contribution in [0.25, 0.3) is 10.8 Å². The average Bonchev–Trinajstić information content (AvgIpc) is 3.27. The van der Waals surface area contributed by atoms with E-state index in [1.807, 2.05) is 25.1 Å². The highest BCUT2D eigenvalue weighted by molar-refractivity contribution is 5.95. The zero-order chi connectivity index (χ0) is 19.9. The molecule has 1 heterocycles. The van der Waals surface area contributed by atoms with Crippen LogP contribution in [0, 0.1) is 0 Å². The molecule has 0 radical (unpaired) electrons. The maximum atomic E-state index is 12.4. The number of esters is 1. The van der Waals surface area contributed by atoms with E-state index >= 15 is 0 Å². The molecule has 1 atom stereocenters. The van der Waals surface area contributed by atoms with Crippen molar-refractivity contribution in [3.63, 3.8) is 0 Å². The van der Waals surface area contributed by atoms with Crippen LogP contribution in [0.2, 0.25) is 0 Å². The lowest BCUT2D eigenvalue weighted by Gasteiger charge is -2.31. The van der Waals surface area contributed by atoms with Crippen molar-refractivity contribution in [2.24, 2.45) is 0 Å². The normalized spacial score (nSPS) is 19.0. The second-order valence-corrected chi connectivity index (χ2v) is 8.27. The van der Waals surface area contributed by atoms with Crippen molar-refractivity contribution >= 4 is 16.7 Å². The van der Waals surface area contributed by atoms with E-state index in [1.54, 1.807) is 6.92 Å². The molecule has 0 N–H and O–H groups in total. The van der Waals surface area contributed by atoms with Gasteiger partial charge in [0, 0.05) is 29.4 Å². The third kappa shape index (κ3) is 3.05. The Morgan fingerprint density at radius 3 is 2.54 bits per heavy atom. The number of rotatable bonds is 5. The van der Waals surface area contributed by atoms with Gasteiger partial charge in [0.25, 0.3) is 5.79 Å². The zero-order valence-corrected chi connectivity index (χ0v) is 17.0. The van der Waals surface area contributed by atoms with Crippen molar-refractivity contribution in [3.8, 4) is 11.5 Å². The minimum atomic E-state index is -0.770. The lowest BCUT2D eigenvalue weighted by Crippen LogP contribution is -2.34. The summed E-state index contributed by atoms with van der Waals surface area (Å²) < 4.78 is 18.7. The minimum Gasteiger partial charge on any atom is -0.451 e. The van der Waals surface area contributed by atoms with Crippen molar-refractivity contribution in [3.05, 3.63) is 48.0 Å². The molecule has 0 saturated heterocycles. The Hall–Kier alpha value is -2.49. The lowest BCUT2D eigenvalue weighted by atomic mass is 9.86. The summed E-state index contributed by atoms with van der Waals surface area (Å²) in [5.74, 6) is 0.666. The monoisotopic (exact) mass is 380 g/mol. The summed E-state index contributed by atoms with van der Waals surface area (Å²) >= 11 is 0. The van der Waals surface area contributed by atoms with Crippen LogP contribution >= 0.6 is 0 Å². The second kappa shape index (κ2) is 6.84. The largest absolute Gasteiger partial charge is 0.451 e. The molecule has 2 aromatic carbocycles. The molecule has 1 spiro atoms. The van der Waals surface area contributed by atoms with Gasteiger partial charge in [0.05, 0.1) is 0 Å². The molecule has 1 fully saturated rings. The fourth-order valence-corrected chi connectivity index (χ4v) is 4.48. The van der Waals surface area contributed by atoms with Crippen LogP contribution in [0.3, 0.4) is 0 Å². The van der Waals surface area contributed by atoms with Gasteiger partial charge in [0.1, 0.15) is 5.60 Å². The number of hydrogen-bond acceptors (Lipinski definition) is 4. The molecule has 4 rings (SSSR count). The third-order valence-electron chi connectivity index (χ3n) is 5.87. The van der Waals surface area contributed by atoms with Gasteiger partial charge in [-0.2, -0.15) is 0 Å². The topological polar surface area (TPSA) is 44.8 Å². The van der Waals surface area contributed by atoms with Crippen molar-refractivity contribution < 1.29 is 19.0 Å². The Morgan fingerprint density at radius 1 is 1.21 bits per heavy atom. The molecule has 0 bridgehead atoms. The zero-order valence-electron chi connectivity index (χ0n) is 17.0. The molecule has 1 aliphatic carbocycles. The Kier molecular flexibility index (Phi) is 4.60. The predicted octanol–water partition coefficient (Wildman–Crippen LogP) is 6.02. The number of hydrogen-bond donors (Lipinski definition) is 0. The average molecular weight is 380 g/mol. The standard InChI is InChI=1S/C24H28O4/c1-5-12-23(4,28-22(25)16(2)3)19-15-20-21(18-11-7-6-10-17(18)19)27-24(26-20)13-8-9-14-24/h6-7,10-11,15H,2,5,8-9,12-14H2,1,3-4H3. The van der Waals surface area contributed by atoms with Crippen molar-refractivity contribution in [1.29, 1.82) is 0 Å². The number of fused-ring (bicyclic) bond motifs is 3. The van der Waals surface area contributed by atoms with Crippen LogP contribution in [-0.2, 0) is 15.1 Å². The Bertz CT molecular complexity index is 939. The van der Waals surface area contributed by atoms with E-state index in [4.69, 9.17) is 14.2 Å². The quantitative estimate of drug-likeness (QED) is 0.470. The number of carbonyl (C=O) groups is 1. The number of carbonyl (C=O) groups excluding carboxylic acids is 1. The Balaban J connectivity index is 1.86. The van der Waals surface area contributed by atoms with E-state index in [9.17, 15) is 4.79 Å². The van der Waals surface area contributed by atoms with Crippen LogP contribution in [-0.4, -0.2) is 11.8 Å². The summed E-state index contributed by atoms with van der Waals surface area (Å²) in [6.45, 7) is 9.49. The highest BCUT2D eigenvalue weighted by Crippen LogP contribution is 2.52. The predicted molar refractivity (Wildman–Crippen MR) is 110 cm³/mol. The van der Waals surface area contributed by atoms with Gasteiger partial charge in [-0.3, -0.25) is 0 Å². The molecule has 1 unspecified atom stereocenters. The first-order valence-corrected chi connectivity index (χ1v) is 10.2. The van der Waals surface area contributed by atoms with Crippen molar-refractivity contribution in [2.45, 2.75) is 70.7 Å². The highest BCUT2D eigenvalue weighted by Gasteiger charge is 2.46. The fraction of sp³-hybridized carbons (Fsp3) is 0.458. The van der Waals surface area contributed by atoms with Gasteiger partial charge in [-0.05, 0) is 44.6 Å². The number of benzene rings is 2. The first kappa shape index (κ1) is 18.9. The maximum Gasteiger partial charge on any atom is 0.333 e. The Morgan fingerprint density at radius 2 is 1.89 bits per heavy atom. The van der Waals surface area contributed by atoms with E-state index in [2.05, 4.69) is 25.6 Å². The smallest absolute Gasteiger partial charge is 0.333 e. The fourth-order valence-electron chi connectivity index (χ4n) is 4.48. The lowest BCUT2D eigenvalue weighted by molar-refractivity contribution is -0.154. The molecule has 4 nitrogen and oxygen atoms in total. The van der Waals surface area contributed by atoms with Gasteiger partial charge < -0.3 is 14.2 Å². The van der Waals surface area contributed by atoms with Crippen LogP contribution in [0.15, 0.2) is 42.5 Å². The molecule has 0 aromatic heterocycles. The van der Waals surface area contributed by atoms with Gasteiger partial charge in [0.2, 0.25) is 0 Å². The molecular formula is C24H28O4. The van der Waals surface area contributed by atoms with Crippen molar-refractivity contribution in [2.75, 3.05) is 0 Å². The minimum absolute atomic E-state index is 0.370. The van der Waals surface area contributed by atoms with Crippen molar-refractivity contribution in [1.82, 2.24) is 0 Å². The molecule has 2 aromatic rings. The Labute approximate surface area is 166 Å². The first-order chi connectivity index (χ1) is 13.4. The molecule has 0 amide bonds. The van der Waals surface area contributed by atoms with Gasteiger partial charge in [-0.1, -0.05) is 44.2 Å². The molecule has 1 saturated carbocycles. The highest BCUT2D eigenvalue weighted by atomic mass is 16.7. The number of ether oxygens (including phenoxy) is 3. The SMILES string of the molecule is C=C(C)C(=O)OC(C)(CCC)c1cc2c(c3ccccc13)OC1(CCCC1)O2. The summed E-state index contributed by atoms with van der Waals surface area (Å²) in [5.41, 5.74) is 0.586. The molecular weight excluding hydrogens is 352 g/mol. The van der Waals surface area contributed by atoms with Gasteiger partial charge in [-0.25, -0.2) is 4.79 Å².